The van der Waals surface area contributed by atoms with E-state index in [1.54, 1.807) is 0 Å². The highest BCUT2D eigenvalue weighted by Crippen LogP contribution is 1.99. The summed E-state index contributed by atoms with van der Waals surface area (Å²) in [5.74, 6) is 0.631. The summed E-state index contributed by atoms with van der Waals surface area (Å²) in [4.78, 5) is 0. The molecule has 0 aliphatic heterocycles. The van der Waals surface area contributed by atoms with Gasteiger partial charge in [-0.1, -0.05) is 36.0 Å². The molecule has 0 bridgehead atoms. The molecule has 0 aliphatic rings. The SMILES string of the molecule is C[SiH2]c1ccc(CCl)cc1. The van der Waals surface area contributed by atoms with E-state index in [9.17, 15) is 0 Å². The van der Waals surface area contributed by atoms with E-state index < -0.39 is 0 Å². The molecule has 0 atom stereocenters. The molecule has 0 saturated carbocycles. The minimum atomic E-state index is 0.0245. The molecule has 1 rings (SSSR count). The van der Waals surface area contributed by atoms with E-state index in [4.69, 9.17) is 11.6 Å². The van der Waals surface area contributed by atoms with Crippen LogP contribution in [0.2, 0.25) is 6.55 Å². The molecular weight excluding hydrogens is 160 g/mol. The maximum Gasteiger partial charge on any atom is 0.0517 e. The molecule has 0 saturated heterocycles. The molecule has 0 aromatic heterocycles. The van der Waals surface area contributed by atoms with Gasteiger partial charge in [-0.05, 0) is 5.56 Å². The largest absolute Gasteiger partial charge is 0.122 e. The van der Waals surface area contributed by atoms with E-state index in [2.05, 4.69) is 30.8 Å². The standard InChI is InChI=1S/C8H11ClSi/c1-10-8-4-2-7(6-9)3-5-8/h2-5H,6,10H2,1H3. The Morgan fingerprint density at radius 3 is 2.30 bits per heavy atom. The maximum atomic E-state index is 5.63. The fraction of sp³-hybridized carbons (Fsp3) is 0.250. The van der Waals surface area contributed by atoms with Gasteiger partial charge >= 0.3 is 0 Å². The number of alkyl halides is 1. The summed E-state index contributed by atoms with van der Waals surface area (Å²) in [6.07, 6.45) is 0. The molecule has 2 heteroatoms. The second-order valence-corrected chi connectivity index (χ2v) is 4.09. The van der Waals surface area contributed by atoms with Crippen molar-refractivity contribution in [2.24, 2.45) is 0 Å². The van der Waals surface area contributed by atoms with E-state index in [0.29, 0.717) is 5.88 Å². The lowest BCUT2D eigenvalue weighted by Gasteiger charge is -1.96. The lowest BCUT2D eigenvalue weighted by molar-refractivity contribution is 1.41. The normalized spacial score (nSPS) is 11.0. The topological polar surface area (TPSA) is 0 Å². The Labute approximate surface area is 69.0 Å². The number of hydrogen-bond donors (Lipinski definition) is 0. The van der Waals surface area contributed by atoms with Crippen molar-refractivity contribution in [2.75, 3.05) is 0 Å². The molecular formula is C8H11ClSi. The van der Waals surface area contributed by atoms with Crippen molar-refractivity contribution in [1.82, 2.24) is 0 Å². The first-order valence-electron chi connectivity index (χ1n) is 3.50. The monoisotopic (exact) mass is 170 g/mol. The van der Waals surface area contributed by atoms with Crippen LogP contribution in [0, 0.1) is 0 Å². The van der Waals surface area contributed by atoms with Crippen LogP contribution in [-0.4, -0.2) is 9.52 Å². The molecule has 0 aliphatic carbocycles. The van der Waals surface area contributed by atoms with Gasteiger partial charge in [0.05, 0.1) is 9.52 Å². The summed E-state index contributed by atoms with van der Waals surface area (Å²) in [5, 5.41) is 1.51. The Morgan fingerprint density at radius 1 is 1.30 bits per heavy atom. The quantitative estimate of drug-likeness (QED) is 0.463. The number of benzene rings is 1. The smallest absolute Gasteiger partial charge is 0.0517 e. The van der Waals surface area contributed by atoms with Crippen LogP contribution in [0.5, 0.6) is 0 Å². The van der Waals surface area contributed by atoms with Crippen LogP contribution in [0.15, 0.2) is 24.3 Å². The van der Waals surface area contributed by atoms with Crippen LogP contribution in [0.3, 0.4) is 0 Å². The van der Waals surface area contributed by atoms with Crippen LogP contribution < -0.4 is 5.19 Å². The Hall–Kier alpha value is -0.273. The van der Waals surface area contributed by atoms with Gasteiger partial charge in [-0.25, -0.2) is 0 Å². The summed E-state index contributed by atoms with van der Waals surface area (Å²) < 4.78 is 0. The van der Waals surface area contributed by atoms with Gasteiger partial charge in [-0.15, -0.1) is 11.6 Å². The Morgan fingerprint density at radius 2 is 1.90 bits per heavy atom. The van der Waals surface area contributed by atoms with Gasteiger partial charge in [0.15, 0.2) is 0 Å². The first-order valence-corrected chi connectivity index (χ1v) is 6.16. The first kappa shape index (κ1) is 7.83. The fourth-order valence-electron chi connectivity index (χ4n) is 0.864. The van der Waals surface area contributed by atoms with Crippen LogP contribution in [0.25, 0.3) is 0 Å². The predicted octanol–water partition coefficient (Wildman–Crippen LogP) is 1.27. The molecule has 1 aromatic carbocycles. The summed E-state index contributed by atoms with van der Waals surface area (Å²) >= 11 is 5.63. The minimum Gasteiger partial charge on any atom is -0.122 e. The summed E-state index contributed by atoms with van der Waals surface area (Å²) in [7, 11) is 0.0245. The number of hydrogen-bond acceptors (Lipinski definition) is 0. The second kappa shape index (κ2) is 3.79. The van der Waals surface area contributed by atoms with E-state index in [0.717, 1.165) is 0 Å². The van der Waals surface area contributed by atoms with Gasteiger partial charge in [0, 0.05) is 5.88 Å². The zero-order valence-electron chi connectivity index (χ0n) is 6.10. The third-order valence-electron chi connectivity index (χ3n) is 1.59. The lowest BCUT2D eigenvalue weighted by Crippen LogP contribution is -2.08. The molecule has 0 radical (unpaired) electrons. The molecule has 10 heavy (non-hydrogen) atoms. The van der Waals surface area contributed by atoms with Crippen LogP contribution >= 0.6 is 11.6 Å². The molecule has 0 spiro atoms. The molecule has 0 fully saturated rings. The number of halogens is 1. The van der Waals surface area contributed by atoms with Gasteiger partial charge in [0.1, 0.15) is 0 Å². The Kier molecular flexibility index (Phi) is 2.97. The van der Waals surface area contributed by atoms with Crippen molar-refractivity contribution in [3.8, 4) is 0 Å². The molecule has 0 amide bonds. The molecule has 54 valence electrons. The number of rotatable bonds is 2. The van der Waals surface area contributed by atoms with Crippen molar-refractivity contribution >= 4 is 26.3 Å². The zero-order valence-corrected chi connectivity index (χ0v) is 8.27. The van der Waals surface area contributed by atoms with Crippen molar-refractivity contribution in [2.45, 2.75) is 12.4 Å². The maximum absolute atomic E-state index is 5.63. The van der Waals surface area contributed by atoms with Crippen LogP contribution in [-0.2, 0) is 5.88 Å². The molecule has 0 N–H and O–H groups in total. The highest BCUT2D eigenvalue weighted by atomic mass is 35.5. The van der Waals surface area contributed by atoms with Gasteiger partial charge in [-0.2, -0.15) is 0 Å². The predicted molar refractivity (Wildman–Crippen MR) is 50.0 cm³/mol. The van der Waals surface area contributed by atoms with Gasteiger partial charge in [0.2, 0.25) is 0 Å². The van der Waals surface area contributed by atoms with E-state index in [-0.39, 0.29) is 9.52 Å². The Balaban J connectivity index is 2.80. The van der Waals surface area contributed by atoms with Crippen LogP contribution in [0.1, 0.15) is 5.56 Å². The molecule has 0 nitrogen and oxygen atoms in total. The average Bonchev–Trinajstić information content (AvgIpc) is 2.05. The van der Waals surface area contributed by atoms with Crippen molar-refractivity contribution in [3.63, 3.8) is 0 Å². The summed E-state index contributed by atoms with van der Waals surface area (Å²) in [6, 6.07) is 8.59. The van der Waals surface area contributed by atoms with E-state index in [1.165, 1.54) is 10.8 Å². The third-order valence-corrected chi connectivity index (χ3v) is 3.18. The molecule has 1 aromatic rings. The lowest BCUT2D eigenvalue weighted by atomic mass is 10.2. The van der Waals surface area contributed by atoms with Gasteiger partial charge in [-0.3, -0.25) is 0 Å². The van der Waals surface area contributed by atoms with E-state index in [1.807, 2.05) is 0 Å². The minimum absolute atomic E-state index is 0.0245. The van der Waals surface area contributed by atoms with Crippen molar-refractivity contribution in [3.05, 3.63) is 29.8 Å². The van der Waals surface area contributed by atoms with Crippen molar-refractivity contribution < 1.29 is 0 Å². The summed E-state index contributed by atoms with van der Waals surface area (Å²) in [5.41, 5.74) is 1.22. The van der Waals surface area contributed by atoms with E-state index >= 15 is 0 Å². The first-order chi connectivity index (χ1) is 4.86. The van der Waals surface area contributed by atoms with Crippen LogP contribution in [0.4, 0.5) is 0 Å². The van der Waals surface area contributed by atoms with Gasteiger partial charge in [0.25, 0.3) is 0 Å². The zero-order chi connectivity index (χ0) is 7.40. The average molecular weight is 171 g/mol. The second-order valence-electron chi connectivity index (χ2n) is 2.30. The fourth-order valence-corrected chi connectivity index (χ4v) is 1.75. The van der Waals surface area contributed by atoms with Crippen molar-refractivity contribution in [1.29, 1.82) is 0 Å². The Bertz CT molecular complexity index is 170. The highest BCUT2D eigenvalue weighted by Gasteiger charge is 1.89. The van der Waals surface area contributed by atoms with Gasteiger partial charge < -0.3 is 0 Å². The summed E-state index contributed by atoms with van der Waals surface area (Å²) in [6.45, 7) is 2.29. The third kappa shape index (κ3) is 1.86. The highest BCUT2D eigenvalue weighted by molar-refractivity contribution is 6.51. The molecule has 0 heterocycles. The molecule has 0 unspecified atom stereocenters.